The molecule has 0 radical (unpaired) electrons. The standard InChI is InChI=1S/C33H43FN4O5S.C2H6/c1-22(16-19-32(2,3)4)29-28(23-8-10-24(34)11-9-23)30(35-44(42)27-14-12-26(13-15-27)38(40)41)37(29)25-17-20-36(21-18-25)31(39)43-33(5,6)7;1-2/h8-16,25,28-29H,17-21H2,1-7H3;1-2H3/b22-16+,35-30?;. The van der Waals surface area contributed by atoms with Crippen molar-refractivity contribution >= 4 is 28.6 Å². The number of allylic oxidation sites excluding steroid dienone is 1. The van der Waals surface area contributed by atoms with E-state index in [2.05, 4.69) is 38.7 Å². The molecule has 0 saturated carbocycles. The van der Waals surface area contributed by atoms with E-state index in [0.717, 1.165) is 17.6 Å². The van der Waals surface area contributed by atoms with Crippen LogP contribution in [0, 0.1) is 21.3 Å². The average Bonchev–Trinajstić information content (AvgIpc) is 2.99. The van der Waals surface area contributed by atoms with Gasteiger partial charge in [0, 0.05) is 31.3 Å². The molecule has 3 unspecified atom stereocenters. The van der Waals surface area contributed by atoms with Crippen LogP contribution in [0.5, 0.6) is 0 Å². The van der Waals surface area contributed by atoms with Crippen LogP contribution in [0.1, 0.15) is 93.1 Å². The summed E-state index contributed by atoms with van der Waals surface area (Å²) in [7, 11) is -1.83. The Morgan fingerprint density at radius 3 is 2.11 bits per heavy atom. The van der Waals surface area contributed by atoms with Gasteiger partial charge in [-0.3, -0.25) is 10.1 Å². The third-order valence-electron chi connectivity index (χ3n) is 7.83. The van der Waals surface area contributed by atoms with Crippen LogP contribution in [0.25, 0.3) is 0 Å². The number of hydrogen-bond acceptors (Lipinski definition) is 5. The normalized spacial score (nSPS) is 20.8. The number of nitro benzene ring substituents is 1. The van der Waals surface area contributed by atoms with Gasteiger partial charge in [0.15, 0.2) is 11.0 Å². The predicted molar refractivity (Wildman–Crippen MR) is 182 cm³/mol. The second kappa shape index (κ2) is 15.3. The van der Waals surface area contributed by atoms with Gasteiger partial charge in [-0.1, -0.05) is 58.4 Å². The molecule has 11 heteroatoms. The number of nitrogens with zero attached hydrogens (tertiary/aromatic N) is 4. The summed E-state index contributed by atoms with van der Waals surface area (Å²) in [5.41, 5.74) is 1.40. The van der Waals surface area contributed by atoms with Gasteiger partial charge in [-0.05, 0) is 82.2 Å². The van der Waals surface area contributed by atoms with Gasteiger partial charge >= 0.3 is 6.09 Å². The molecule has 0 spiro atoms. The summed E-state index contributed by atoms with van der Waals surface area (Å²) in [5.74, 6) is 0.0131. The first-order valence-electron chi connectivity index (χ1n) is 16.0. The number of likely N-dealkylation sites (tertiary alicyclic amines) is 2. The number of carbonyl (C=O) groups excluding carboxylic acids is 1. The Kier molecular flexibility index (Phi) is 12.3. The highest BCUT2D eigenvalue weighted by atomic mass is 32.2. The molecule has 2 aromatic rings. The fraction of sp³-hybridized carbons (Fsp3) is 0.543. The lowest BCUT2D eigenvalue weighted by atomic mass is 9.74. The summed E-state index contributed by atoms with van der Waals surface area (Å²) < 4.78 is 37.9. The number of benzene rings is 2. The molecule has 2 aromatic carbocycles. The smallest absolute Gasteiger partial charge is 0.410 e. The molecule has 2 heterocycles. The van der Waals surface area contributed by atoms with Gasteiger partial charge in [-0.25, -0.2) is 13.4 Å². The van der Waals surface area contributed by atoms with Gasteiger partial charge in [-0.15, -0.1) is 0 Å². The number of amidine groups is 1. The Bertz CT molecular complexity index is 1440. The van der Waals surface area contributed by atoms with Gasteiger partial charge < -0.3 is 14.5 Å². The fourth-order valence-electron chi connectivity index (χ4n) is 5.59. The van der Waals surface area contributed by atoms with Crippen molar-refractivity contribution in [2.75, 3.05) is 13.1 Å². The first-order valence-corrected chi connectivity index (χ1v) is 17.1. The van der Waals surface area contributed by atoms with Crippen molar-refractivity contribution in [3.63, 3.8) is 0 Å². The molecule has 1 amide bonds. The third kappa shape index (κ3) is 9.47. The van der Waals surface area contributed by atoms with E-state index in [1.165, 1.54) is 36.4 Å². The Labute approximate surface area is 275 Å². The summed E-state index contributed by atoms with van der Waals surface area (Å²) in [4.78, 5) is 27.7. The molecule has 2 aliphatic heterocycles. The molecule has 252 valence electrons. The quantitative estimate of drug-likeness (QED) is 0.168. The summed E-state index contributed by atoms with van der Waals surface area (Å²) in [5, 5.41) is 11.1. The molecule has 3 atom stereocenters. The zero-order valence-electron chi connectivity index (χ0n) is 28.6. The van der Waals surface area contributed by atoms with Crippen molar-refractivity contribution in [3.8, 4) is 0 Å². The maximum atomic E-state index is 14.0. The van der Waals surface area contributed by atoms with Crippen LogP contribution in [0.15, 0.2) is 69.5 Å². The molecule has 0 N–H and O–H groups in total. The van der Waals surface area contributed by atoms with Crippen LogP contribution < -0.4 is 0 Å². The van der Waals surface area contributed by atoms with Gasteiger partial charge in [0.05, 0.1) is 21.8 Å². The van der Waals surface area contributed by atoms with E-state index >= 15 is 0 Å². The SMILES string of the molecule is C/C(=C\CC(C)(C)C)C1C(c2ccc(F)cc2)C(=NS(=O)c2ccc([N+](=O)[O-])cc2)N1C1CCN(C(=O)OC(C)(C)C)CC1.CC. The zero-order chi connectivity index (χ0) is 34.4. The average molecular weight is 657 g/mol. The van der Waals surface area contributed by atoms with Gasteiger partial charge in [0.1, 0.15) is 17.3 Å². The predicted octanol–water partition coefficient (Wildman–Crippen LogP) is 8.43. The molecular formula is C35H49FN4O5S. The lowest BCUT2D eigenvalue weighted by molar-refractivity contribution is -0.384. The molecule has 9 nitrogen and oxygen atoms in total. The van der Waals surface area contributed by atoms with Crippen LogP contribution in [0.2, 0.25) is 0 Å². The third-order valence-corrected chi connectivity index (χ3v) is 8.85. The molecule has 0 aromatic heterocycles. The number of carbonyl (C=O) groups is 1. The van der Waals surface area contributed by atoms with E-state index < -0.39 is 21.5 Å². The minimum atomic E-state index is -1.83. The van der Waals surface area contributed by atoms with Crippen molar-refractivity contribution in [2.45, 2.75) is 110 Å². The van der Waals surface area contributed by atoms with Crippen molar-refractivity contribution in [1.82, 2.24) is 9.80 Å². The highest BCUT2D eigenvalue weighted by Crippen LogP contribution is 2.45. The van der Waals surface area contributed by atoms with E-state index in [4.69, 9.17) is 9.13 Å². The monoisotopic (exact) mass is 656 g/mol. The van der Waals surface area contributed by atoms with Gasteiger partial charge in [-0.2, -0.15) is 4.40 Å². The highest BCUT2D eigenvalue weighted by molar-refractivity contribution is 7.83. The number of ether oxygens (including phenoxy) is 1. The van der Waals surface area contributed by atoms with Gasteiger partial charge in [0.25, 0.3) is 5.69 Å². The molecule has 4 rings (SSSR count). The first-order chi connectivity index (χ1) is 21.5. The minimum absolute atomic E-state index is 0.0148. The van der Waals surface area contributed by atoms with Crippen LogP contribution in [-0.2, 0) is 15.7 Å². The first kappa shape index (κ1) is 36.9. The molecule has 2 saturated heterocycles. The van der Waals surface area contributed by atoms with Gasteiger partial charge in [0.2, 0.25) is 0 Å². The molecule has 2 fully saturated rings. The largest absolute Gasteiger partial charge is 0.444 e. The summed E-state index contributed by atoms with van der Waals surface area (Å²) in [6.45, 7) is 19.2. The number of piperidine rings is 1. The van der Waals surface area contributed by atoms with Crippen molar-refractivity contribution in [3.05, 3.63) is 81.7 Å². The van der Waals surface area contributed by atoms with E-state index in [1.54, 1.807) is 17.0 Å². The number of halogens is 1. The topological polar surface area (TPSA) is 105 Å². The van der Waals surface area contributed by atoms with Crippen molar-refractivity contribution in [2.24, 2.45) is 9.81 Å². The molecule has 2 aliphatic rings. The van der Waals surface area contributed by atoms with Crippen molar-refractivity contribution < 1.29 is 23.1 Å². The van der Waals surface area contributed by atoms with Crippen LogP contribution >= 0.6 is 0 Å². The van der Waals surface area contributed by atoms with Crippen LogP contribution in [-0.4, -0.2) is 61.6 Å². The fourth-order valence-corrected chi connectivity index (χ4v) is 6.44. The zero-order valence-corrected chi connectivity index (χ0v) is 29.4. The highest BCUT2D eigenvalue weighted by Gasteiger charge is 2.50. The van der Waals surface area contributed by atoms with Crippen LogP contribution in [0.3, 0.4) is 0 Å². The second-order valence-corrected chi connectivity index (χ2v) is 14.9. The van der Waals surface area contributed by atoms with Crippen molar-refractivity contribution in [1.29, 1.82) is 0 Å². The summed E-state index contributed by atoms with van der Waals surface area (Å²) in [6, 6.07) is 11.8. The second-order valence-electron chi connectivity index (χ2n) is 13.7. The Hall–Kier alpha value is -3.60. The summed E-state index contributed by atoms with van der Waals surface area (Å²) >= 11 is 0. The summed E-state index contributed by atoms with van der Waals surface area (Å²) in [6.07, 6.45) is 4.10. The number of non-ortho nitro benzene ring substituents is 1. The lowest BCUT2D eigenvalue weighted by Crippen LogP contribution is -2.65. The lowest BCUT2D eigenvalue weighted by Gasteiger charge is -2.56. The molecule has 0 aliphatic carbocycles. The van der Waals surface area contributed by atoms with E-state index in [-0.39, 0.29) is 41.0 Å². The molecule has 0 bridgehead atoms. The van der Waals surface area contributed by atoms with E-state index in [9.17, 15) is 23.5 Å². The Balaban J connectivity index is 0.00000282. The van der Waals surface area contributed by atoms with E-state index in [0.29, 0.717) is 36.7 Å². The van der Waals surface area contributed by atoms with E-state index in [1.807, 2.05) is 34.6 Å². The number of rotatable bonds is 7. The maximum absolute atomic E-state index is 14.0. The minimum Gasteiger partial charge on any atom is -0.444 e. The Morgan fingerprint density at radius 1 is 1.04 bits per heavy atom. The molecular weight excluding hydrogens is 607 g/mol. The molecule has 46 heavy (non-hydrogen) atoms. The van der Waals surface area contributed by atoms with Crippen LogP contribution in [0.4, 0.5) is 14.9 Å². The number of nitro groups is 1. The maximum Gasteiger partial charge on any atom is 0.410 e. The number of hydrogen-bond donors (Lipinski definition) is 0. The number of amides is 1. The Morgan fingerprint density at radius 2 is 1.61 bits per heavy atom.